The van der Waals surface area contributed by atoms with Gasteiger partial charge < -0.3 is 19.7 Å². The number of benzene rings is 1. The van der Waals surface area contributed by atoms with Crippen LogP contribution in [0.5, 0.6) is 5.75 Å². The highest BCUT2D eigenvalue weighted by Gasteiger charge is 2.33. The Bertz CT molecular complexity index is 579. The first-order valence-electron chi connectivity index (χ1n) is 7.52. The third-order valence-electron chi connectivity index (χ3n) is 3.84. The second-order valence-electron chi connectivity index (χ2n) is 5.85. The van der Waals surface area contributed by atoms with Crippen LogP contribution in [0.25, 0.3) is 0 Å². The first-order chi connectivity index (χ1) is 10.5. The van der Waals surface area contributed by atoms with Gasteiger partial charge in [-0.2, -0.15) is 0 Å². The molecule has 2 aliphatic rings. The van der Waals surface area contributed by atoms with Crippen LogP contribution >= 0.6 is 0 Å². The highest BCUT2D eigenvalue weighted by atomic mass is 16.5. The summed E-state index contributed by atoms with van der Waals surface area (Å²) in [4.78, 5) is 26.2. The Morgan fingerprint density at radius 3 is 2.68 bits per heavy atom. The molecule has 0 aliphatic carbocycles. The van der Waals surface area contributed by atoms with Crippen molar-refractivity contribution in [2.75, 3.05) is 18.4 Å². The van der Waals surface area contributed by atoms with E-state index in [1.165, 1.54) is 0 Å². The number of amides is 2. The summed E-state index contributed by atoms with van der Waals surface area (Å²) in [5.41, 5.74) is 0.643. The number of nitrogens with one attached hydrogen (secondary N) is 1. The number of ether oxygens (including phenoxy) is 2. The molecule has 1 saturated heterocycles. The number of hydrogen-bond donors (Lipinski definition) is 1. The monoisotopic (exact) mass is 304 g/mol. The van der Waals surface area contributed by atoms with Gasteiger partial charge in [-0.3, -0.25) is 9.59 Å². The minimum absolute atomic E-state index is 0.00882. The lowest BCUT2D eigenvalue weighted by molar-refractivity contribution is -0.146. The van der Waals surface area contributed by atoms with Crippen molar-refractivity contribution in [2.45, 2.75) is 38.6 Å². The van der Waals surface area contributed by atoms with Gasteiger partial charge in [-0.25, -0.2) is 0 Å². The Labute approximate surface area is 129 Å². The predicted molar refractivity (Wildman–Crippen MR) is 80.7 cm³/mol. The summed E-state index contributed by atoms with van der Waals surface area (Å²) in [5.74, 6) is 0.242. The summed E-state index contributed by atoms with van der Waals surface area (Å²) in [7, 11) is 0. The van der Waals surface area contributed by atoms with Gasteiger partial charge in [0.1, 0.15) is 5.75 Å². The Hall–Kier alpha value is -2.08. The molecule has 2 aliphatic heterocycles. The molecular formula is C16H20N2O4. The van der Waals surface area contributed by atoms with E-state index >= 15 is 0 Å². The largest absolute Gasteiger partial charge is 0.478 e. The van der Waals surface area contributed by atoms with E-state index in [0.717, 1.165) is 0 Å². The van der Waals surface area contributed by atoms with Crippen LogP contribution in [0.1, 0.15) is 20.3 Å². The number of morpholine rings is 1. The van der Waals surface area contributed by atoms with Crippen LogP contribution in [0.2, 0.25) is 0 Å². The lowest BCUT2D eigenvalue weighted by Crippen LogP contribution is -2.50. The fourth-order valence-corrected chi connectivity index (χ4v) is 2.90. The van der Waals surface area contributed by atoms with Crippen molar-refractivity contribution in [1.82, 2.24) is 4.90 Å². The Balaban J connectivity index is 1.66. The fourth-order valence-electron chi connectivity index (χ4n) is 2.90. The number of anilines is 1. The molecule has 6 heteroatoms. The maximum absolute atomic E-state index is 12.4. The maximum atomic E-state index is 12.4. The minimum Gasteiger partial charge on any atom is -0.478 e. The Kier molecular flexibility index (Phi) is 4.02. The van der Waals surface area contributed by atoms with E-state index in [0.29, 0.717) is 24.5 Å². The molecule has 0 saturated carbocycles. The molecule has 0 aromatic heterocycles. The number of fused-ring (bicyclic) bond motifs is 1. The molecule has 3 unspecified atom stereocenters. The summed E-state index contributed by atoms with van der Waals surface area (Å²) in [6.45, 7) is 4.98. The van der Waals surface area contributed by atoms with E-state index in [1.54, 1.807) is 17.0 Å². The number of carbonyl (C=O) groups excluding carboxylic acids is 2. The normalized spacial score (nSPS) is 27.6. The molecule has 0 spiro atoms. The van der Waals surface area contributed by atoms with Gasteiger partial charge in [-0.1, -0.05) is 12.1 Å². The molecule has 0 radical (unpaired) electrons. The van der Waals surface area contributed by atoms with Gasteiger partial charge in [0, 0.05) is 13.1 Å². The van der Waals surface area contributed by atoms with Crippen LogP contribution in [-0.4, -0.2) is 48.1 Å². The lowest BCUT2D eigenvalue weighted by Gasteiger charge is -2.36. The predicted octanol–water partition coefficient (Wildman–Crippen LogP) is 1.41. The van der Waals surface area contributed by atoms with Gasteiger partial charge >= 0.3 is 0 Å². The van der Waals surface area contributed by atoms with Gasteiger partial charge in [0.15, 0.2) is 6.10 Å². The number of para-hydroxylation sites is 2. The van der Waals surface area contributed by atoms with Crippen LogP contribution in [0, 0.1) is 0 Å². The van der Waals surface area contributed by atoms with Crippen LogP contribution in [0.15, 0.2) is 24.3 Å². The molecule has 22 heavy (non-hydrogen) atoms. The van der Waals surface area contributed by atoms with Gasteiger partial charge in [0.2, 0.25) is 5.91 Å². The fraction of sp³-hybridized carbons (Fsp3) is 0.500. The summed E-state index contributed by atoms with van der Waals surface area (Å²) < 4.78 is 11.3. The van der Waals surface area contributed by atoms with Crippen molar-refractivity contribution in [2.24, 2.45) is 0 Å². The smallest absolute Gasteiger partial charge is 0.266 e. The van der Waals surface area contributed by atoms with E-state index in [2.05, 4.69) is 5.32 Å². The zero-order valence-corrected chi connectivity index (χ0v) is 12.7. The van der Waals surface area contributed by atoms with Gasteiger partial charge in [0.25, 0.3) is 5.91 Å². The first kappa shape index (κ1) is 14.8. The van der Waals surface area contributed by atoms with E-state index in [-0.39, 0.29) is 30.4 Å². The highest BCUT2D eigenvalue weighted by molar-refractivity contribution is 5.99. The molecule has 1 aromatic rings. The third-order valence-corrected chi connectivity index (χ3v) is 3.84. The summed E-state index contributed by atoms with van der Waals surface area (Å²) >= 11 is 0. The third kappa shape index (κ3) is 3.06. The van der Waals surface area contributed by atoms with Crippen molar-refractivity contribution in [1.29, 1.82) is 0 Å². The second kappa shape index (κ2) is 5.96. The Morgan fingerprint density at radius 1 is 1.27 bits per heavy atom. The van der Waals surface area contributed by atoms with Crippen molar-refractivity contribution in [3.05, 3.63) is 24.3 Å². The van der Waals surface area contributed by atoms with Crippen LogP contribution in [0.4, 0.5) is 5.69 Å². The number of hydrogen-bond acceptors (Lipinski definition) is 4. The van der Waals surface area contributed by atoms with Crippen molar-refractivity contribution >= 4 is 17.5 Å². The molecule has 1 fully saturated rings. The average Bonchev–Trinajstić information content (AvgIpc) is 2.47. The molecule has 1 N–H and O–H groups in total. The zero-order chi connectivity index (χ0) is 15.7. The van der Waals surface area contributed by atoms with Gasteiger partial charge in [-0.05, 0) is 26.0 Å². The van der Waals surface area contributed by atoms with Crippen molar-refractivity contribution in [3.63, 3.8) is 0 Å². The standard InChI is InChI=1S/C16H20N2O4/c1-10-8-18(9-11(2)21-10)15(19)7-14-16(20)17-12-5-3-4-6-13(12)22-14/h3-6,10-11,14H,7-9H2,1-2H3,(H,17,20). The quantitative estimate of drug-likeness (QED) is 0.897. The van der Waals surface area contributed by atoms with Crippen molar-refractivity contribution < 1.29 is 19.1 Å². The lowest BCUT2D eigenvalue weighted by atomic mass is 10.1. The van der Waals surface area contributed by atoms with Crippen LogP contribution < -0.4 is 10.1 Å². The maximum Gasteiger partial charge on any atom is 0.266 e. The SMILES string of the molecule is CC1CN(C(=O)CC2Oc3ccccc3NC2=O)CC(C)O1. The van der Waals surface area contributed by atoms with E-state index in [1.807, 2.05) is 26.0 Å². The zero-order valence-electron chi connectivity index (χ0n) is 12.7. The minimum atomic E-state index is -0.782. The molecular weight excluding hydrogens is 284 g/mol. The molecule has 2 amide bonds. The number of rotatable bonds is 2. The van der Waals surface area contributed by atoms with E-state index in [4.69, 9.17) is 9.47 Å². The average molecular weight is 304 g/mol. The van der Waals surface area contributed by atoms with Crippen molar-refractivity contribution in [3.8, 4) is 5.75 Å². The first-order valence-corrected chi connectivity index (χ1v) is 7.52. The molecule has 6 nitrogen and oxygen atoms in total. The molecule has 3 atom stereocenters. The summed E-state index contributed by atoms with van der Waals surface area (Å²) in [5, 5.41) is 2.78. The highest BCUT2D eigenvalue weighted by Crippen LogP contribution is 2.29. The summed E-state index contributed by atoms with van der Waals surface area (Å²) in [6, 6.07) is 7.22. The second-order valence-corrected chi connectivity index (χ2v) is 5.85. The molecule has 2 heterocycles. The Morgan fingerprint density at radius 2 is 1.95 bits per heavy atom. The molecule has 118 valence electrons. The molecule has 3 rings (SSSR count). The molecule has 0 bridgehead atoms. The van der Waals surface area contributed by atoms with Gasteiger partial charge in [0.05, 0.1) is 24.3 Å². The summed E-state index contributed by atoms with van der Waals surface area (Å²) in [6.07, 6.45) is -0.723. The van der Waals surface area contributed by atoms with Crippen LogP contribution in [-0.2, 0) is 14.3 Å². The van der Waals surface area contributed by atoms with Crippen LogP contribution in [0.3, 0.4) is 0 Å². The number of carbonyl (C=O) groups is 2. The molecule has 1 aromatic carbocycles. The van der Waals surface area contributed by atoms with E-state index < -0.39 is 6.10 Å². The van der Waals surface area contributed by atoms with Gasteiger partial charge in [-0.15, -0.1) is 0 Å². The van der Waals surface area contributed by atoms with E-state index in [9.17, 15) is 9.59 Å². The topological polar surface area (TPSA) is 67.9 Å². The number of nitrogens with zero attached hydrogens (tertiary/aromatic N) is 1.